The van der Waals surface area contributed by atoms with Crippen molar-refractivity contribution >= 4 is 29.2 Å². The van der Waals surface area contributed by atoms with E-state index in [-0.39, 0.29) is 24.5 Å². The molecular weight excluding hydrogens is 392 g/mol. The van der Waals surface area contributed by atoms with Gasteiger partial charge in [-0.25, -0.2) is 4.79 Å². The lowest BCUT2D eigenvalue weighted by molar-refractivity contribution is -0.141. The van der Waals surface area contributed by atoms with E-state index in [0.29, 0.717) is 17.1 Å². The maximum absolute atomic E-state index is 13.2. The fraction of sp³-hybridized carbons (Fsp3) is 0.320. The summed E-state index contributed by atoms with van der Waals surface area (Å²) in [6, 6.07) is 13.2. The topological polar surface area (TPSA) is 75.7 Å². The molecule has 162 valence electrons. The molecule has 1 atom stereocenters. The molecule has 0 saturated carbocycles. The molecule has 1 aliphatic rings. The first-order valence-electron chi connectivity index (χ1n) is 10.4. The molecule has 0 bridgehead atoms. The van der Waals surface area contributed by atoms with Crippen LogP contribution in [0.3, 0.4) is 0 Å². The monoisotopic (exact) mass is 420 g/mol. The van der Waals surface area contributed by atoms with Gasteiger partial charge in [-0.1, -0.05) is 29.8 Å². The number of amides is 2. The molecule has 1 heterocycles. The van der Waals surface area contributed by atoms with E-state index in [1.54, 1.807) is 13.8 Å². The van der Waals surface area contributed by atoms with E-state index < -0.39 is 17.8 Å². The zero-order valence-corrected chi connectivity index (χ0v) is 18.6. The van der Waals surface area contributed by atoms with Crippen molar-refractivity contribution in [3.05, 3.63) is 70.4 Å². The number of benzene rings is 2. The molecule has 0 spiro atoms. The van der Waals surface area contributed by atoms with E-state index in [9.17, 15) is 14.4 Å². The van der Waals surface area contributed by atoms with Gasteiger partial charge in [-0.2, -0.15) is 0 Å². The quantitative estimate of drug-likeness (QED) is 0.726. The third-order valence-electron chi connectivity index (χ3n) is 5.46. The number of rotatable bonds is 5. The lowest BCUT2D eigenvalue weighted by atomic mass is 9.88. The van der Waals surface area contributed by atoms with Crippen molar-refractivity contribution in [2.45, 2.75) is 41.0 Å². The fourth-order valence-electron chi connectivity index (χ4n) is 3.77. The number of aryl methyl sites for hydroxylation is 3. The summed E-state index contributed by atoms with van der Waals surface area (Å²) in [6.07, 6.45) is -0.115. The van der Waals surface area contributed by atoms with Gasteiger partial charge in [0, 0.05) is 23.5 Å². The predicted molar refractivity (Wildman–Crippen MR) is 121 cm³/mol. The Kier molecular flexibility index (Phi) is 6.59. The number of esters is 1. The second-order valence-electron chi connectivity index (χ2n) is 7.85. The molecule has 0 fully saturated rings. The lowest BCUT2D eigenvalue weighted by Crippen LogP contribution is -2.43. The van der Waals surface area contributed by atoms with Crippen molar-refractivity contribution in [2.75, 3.05) is 16.8 Å². The zero-order valence-electron chi connectivity index (χ0n) is 18.6. The first kappa shape index (κ1) is 22.3. The minimum absolute atomic E-state index is 0.115. The van der Waals surface area contributed by atoms with E-state index >= 15 is 0 Å². The van der Waals surface area contributed by atoms with E-state index in [0.717, 1.165) is 16.7 Å². The molecule has 2 amide bonds. The van der Waals surface area contributed by atoms with Crippen LogP contribution in [0.2, 0.25) is 0 Å². The summed E-state index contributed by atoms with van der Waals surface area (Å²) in [5.74, 6) is -2.14. The van der Waals surface area contributed by atoms with E-state index in [1.165, 1.54) is 4.90 Å². The molecule has 1 aliphatic heterocycles. The Labute approximate surface area is 182 Å². The second kappa shape index (κ2) is 9.16. The maximum atomic E-state index is 13.2. The van der Waals surface area contributed by atoms with Crippen molar-refractivity contribution in [1.29, 1.82) is 0 Å². The van der Waals surface area contributed by atoms with Gasteiger partial charge < -0.3 is 10.1 Å². The Morgan fingerprint density at radius 1 is 1.03 bits per heavy atom. The van der Waals surface area contributed by atoms with Gasteiger partial charge in [-0.15, -0.1) is 0 Å². The number of carbonyl (C=O) groups is 3. The molecule has 2 aromatic carbocycles. The smallest absolute Gasteiger partial charge is 0.336 e. The zero-order chi connectivity index (χ0) is 22.7. The van der Waals surface area contributed by atoms with Crippen LogP contribution in [0.4, 0.5) is 11.4 Å². The van der Waals surface area contributed by atoms with Gasteiger partial charge in [0.25, 0.3) is 0 Å². The number of nitrogens with one attached hydrogen (secondary N) is 1. The number of carbonyl (C=O) groups excluding carboxylic acids is 3. The molecule has 0 aromatic heterocycles. The summed E-state index contributed by atoms with van der Waals surface area (Å²) in [5, 5.41) is 2.90. The third-order valence-corrected chi connectivity index (χ3v) is 5.46. The summed E-state index contributed by atoms with van der Waals surface area (Å²) in [5.41, 5.74) is 4.92. The fourth-order valence-corrected chi connectivity index (χ4v) is 3.77. The predicted octanol–water partition coefficient (Wildman–Crippen LogP) is 4.44. The van der Waals surface area contributed by atoms with Crippen molar-refractivity contribution in [3.8, 4) is 0 Å². The van der Waals surface area contributed by atoms with Crippen molar-refractivity contribution in [1.82, 2.24) is 0 Å². The molecule has 0 aliphatic carbocycles. The minimum Gasteiger partial charge on any atom is -0.463 e. The lowest BCUT2D eigenvalue weighted by Gasteiger charge is -2.33. The summed E-state index contributed by atoms with van der Waals surface area (Å²) >= 11 is 0. The SMILES string of the molecule is CCOC(=O)C1=C(C)N(c2ccc(C)cc2)C(=O)C[C@H]1C(=O)Nc1cc(C)ccc1C. The van der Waals surface area contributed by atoms with Crippen LogP contribution in [0.15, 0.2) is 53.7 Å². The van der Waals surface area contributed by atoms with Crippen LogP contribution in [0.1, 0.15) is 37.0 Å². The standard InChI is InChI=1S/C25H28N2O4/c1-6-31-25(30)23-18(5)27(19-11-8-15(2)9-12-19)22(28)14-20(23)24(29)26-21-13-16(3)7-10-17(21)4/h7-13,20H,6,14H2,1-5H3,(H,26,29)/t20-/m1/s1. The van der Waals surface area contributed by atoms with Crippen molar-refractivity contribution < 1.29 is 19.1 Å². The maximum Gasteiger partial charge on any atom is 0.336 e. The molecule has 0 radical (unpaired) electrons. The highest BCUT2D eigenvalue weighted by Crippen LogP contribution is 2.34. The number of allylic oxidation sites excluding steroid dienone is 1. The summed E-state index contributed by atoms with van der Waals surface area (Å²) in [6.45, 7) is 9.37. The van der Waals surface area contributed by atoms with Crippen LogP contribution in [-0.2, 0) is 19.1 Å². The van der Waals surface area contributed by atoms with E-state index in [1.807, 2.05) is 63.2 Å². The number of hydrogen-bond acceptors (Lipinski definition) is 4. The highest BCUT2D eigenvalue weighted by molar-refractivity contribution is 6.10. The first-order chi connectivity index (χ1) is 14.7. The summed E-state index contributed by atoms with van der Waals surface area (Å²) in [7, 11) is 0. The van der Waals surface area contributed by atoms with Crippen molar-refractivity contribution in [2.24, 2.45) is 5.92 Å². The van der Waals surface area contributed by atoms with E-state index in [2.05, 4.69) is 5.32 Å². The van der Waals surface area contributed by atoms with Crippen LogP contribution in [-0.4, -0.2) is 24.4 Å². The number of hydrogen-bond donors (Lipinski definition) is 1. The molecule has 2 aromatic rings. The van der Waals surface area contributed by atoms with E-state index in [4.69, 9.17) is 4.74 Å². The molecule has 3 rings (SSSR count). The van der Waals surface area contributed by atoms with Gasteiger partial charge in [0.05, 0.1) is 18.1 Å². The van der Waals surface area contributed by atoms with Crippen LogP contribution in [0.25, 0.3) is 0 Å². The number of nitrogens with zero attached hydrogens (tertiary/aromatic N) is 1. The highest BCUT2D eigenvalue weighted by Gasteiger charge is 2.40. The average Bonchev–Trinajstić information content (AvgIpc) is 2.71. The van der Waals surface area contributed by atoms with Gasteiger partial charge in [-0.3, -0.25) is 14.5 Å². The second-order valence-corrected chi connectivity index (χ2v) is 7.85. The van der Waals surface area contributed by atoms with Crippen LogP contribution < -0.4 is 10.2 Å². The molecule has 0 saturated heterocycles. The van der Waals surface area contributed by atoms with Gasteiger partial charge in [-0.05, 0) is 63.9 Å². The van der Waals surface area contributed by atoms with Gasteiger partial charge in [0.1, 0.15) is 0 Å². The Morgan fingerprint density at radius 2 is 1.68 bits per heavy atom. The number of anilines is 2. The Bertz CT molecular complexity index is 1050. The van der Waals surface area contributed by atoms with Crippen LogP contribution >= 0.6 is 0 Å². The Balaban J connectivity index is 2.02. The molecule has 6 heteroatoms. The first-order valence-corrected chi connectivity index (χ1v) is 10.4. The summed E-state index contributed by atoms with van der Waals surface area (Å²) in [4.78, 5) is 40.6. The van der Waals surface area contributed by atoms with Gasteiger partial charge in [0.15, 0.2) is 0 Å². The average molecular weight is 421 g/mol. The molecule has 6 nitrogen and oxygen atoms in total. The molecular formula is C25H28N2O4. The van der Waals surface area contributed by atoms with Crippen molar-refractivity contribution in [3.63, 3.8) is 0 Å². The highest BCUT2D eigenvalue weighted by atomic mass is 16.5. The number of ether oxygens (including phenoxy) is 1. The molecule has 31 heavy (non-hydrogen) atoms. The largest absolute Gasteiger partial charge is 0.463 e. The Hall–Kier alpha value is -3.41. The molecule has 1 N–H and O–H groups in total. The molecule has 0 unspecified atom stereocenters. The Morgan fingerprint density at radius 3 is 2.32 bits per heavy atom. The van der Waals surface area contributed by atoms with Gasteiger partial charge in [0.2, 0.25) is 11.8 Å². The minimum atomic E-state index is -0.923. The van der Waals surface area contributed by atoms with Crippen LogP contribution in [0.5, 0.6) is 0 Å². The van der Waals surface area contributed by atoms with Gasteiger partial charge >= 0.3 is 5.97 Å². The normalized spacial score (nSPS) is 16.4. The van der Waals surface area contributed by atoms with Crippen LogP contribution in [0, 0.1) is 26.7 Å². The third kappa shape index (κ3) is 4.68. The summed E-state index contributed by atoms with van der Waals surface area (Å²) < 4.78 is 5.25.